The normalized spacial score (nSPS) is 18.9. The lowest BCUT2D eigenvalue weighted by atomic mass is 9.77. The Morgan fingerprint density at radius 1 is 1.59 bits per heavy atom. The molecule has 1 saturated carbocycles. The third-order valence-corrected chi connectivity index (χ3v) is 3.62. The average Bonchev–Trinajstić information content (AvgIpc) is 2.29. The number of nitriles is 1. The van der Waals surface area contributed by atoms with Crippen LogP contribution in [0.3, 0.4) is 0 Å². The molecule has 1 fully saturated rings. The topological polar surface area (TPSA) is 53.3 Å². The van der Waals surface area contributed by atoms with E-state index in [4.69, 9.17) is 10.00 Å². The Hall–Kier alpha value is -1.08. The Balaban J connectivity index is 2.52. The lowest BCUT2D eigenvalue weighted by Crippen LogP contribution is -2.45. The van der Waals surface area contributed by atoms with Crippen LogP contribution in [0, 0.1) is 17.2 Å². The smallest absolute Gasteiger partial charge is 0.225 e. The summed E-state index contributed by atoms with van der Waals surface area (Å²) in [5.74, 6) is -0.00469. The van der Waals surface area contributed by atoms with Gasteiger partial charge in [0.25, 0.3) is 0 Å². The van der Waals surface area contributed by atoms with Crippen molar-refractivity contribution < 1.29 is 9.53 Å². The highest BCUT2D eigenvalue weighted by Gasteiger charge is 2.39. The van der Waals surface area contributed by atoms with Crippen LogP contribution in [0.25, 0.3) is 0 Å². The molecule has 0 bridgehead atoms. The molecule has 0 aromatic heterocycles. The van der Waals surface area contributed by atoms with Gasteiger partial charge in [-0.25, -0.2) is 0 Å². The van der Waals surface area contributed by atoms with Crippen LogP contribution in [0.2, 0.25) is 0 Å². The van der Waals surface area contributed by atoms with Gasteiger partial charge in [0.1, 0.15) is 0 Å². The summed E-state index contributed by atoms with van der Waals surface area (Å²) in [4.78, 5) is 13.9. The number of rotatable bonds is 6. The second kappa shape index (κ2) is 6.02. The summed E-state index contributed by atoms with van der Waals surface area (Å²) in [6, 6.07) is 2.16. The van der Waals surface area contributed by atoms with E-state index in [-0.39, 0.29) is 17.4 Å². The van der Waals surface area contributed by atoms with E-state index >= 15 is 0 Å². The first kappa shape index (κ1) is 14.0. The van der Waals surface area contributed by atoms with E-state index in [2.05, 4.69) is 6.07 Å². The maximum atomic E-state index is 12.1. The molecule has 1 aliphatic rings. The Kier molecular flexibility index (Phi) is 4.95. The number of hydrogen-bond donors (Lipinski definition) is 0. The van der Waals surface area contributed by atoms with Crippen molar-refractivity contribution in [2.75, 3.05) is 20.2 Å². The zero-order valence-corrected chi connectivity index (χ0v) is 11.0. The van der Waals surface area contributed by atoms with Crippen molar-refractivity contribution in [2.24, 2.45) is 5.92 Å². The molecule has 1 atom stereocenters. The number of ether oxygens (including phenoxy) is 1. The summed E-state index contributed by atoms with van der Waals surface area (Å²) in [7, 11) is 1.68. The van der Waals surface area contributed by atoms with Gasteiger partial charge < -0.3 is 9.64 Å². The van der Waals surface area contributed by atoms with Gasteiger partial charge in [0, 0.05) is 20.2 Å². The SMILES string of the molecule is CCN(CC(C)C#N)C(=O)CC1(OC)CCC1. The van der Waals surface area contributed by atoms with Crippen molar-refractivity contribution in [1.29, 1.82) is 5.26 Å². The first-order valence-corrected chi connectivity index (χ1v) is 6.29. The van der Waals surface area contributed by atoms with Gasteiger partial charge in [-0.15, -0.1) is 0 Å². The number of hydrogen-bond acceptors (Lipinski definition) is 3. The van der Waals surface area contributed by atoms with Crippen LogP contribution in [0.1, 0.15) is 39.5 Å². The molecule has 17 heavy (non-hydrogen) atoms. The third kappa shape index (κ3) is 3.44. The van der Waals surface area contributed by atoms with Crippen LogP contribution in [0.15, 0.2) is 0 Å². The third-order valence-electron chi connectivity index (χ3n) is 3.62. The number of nitrogens with zero attached hydrogens (tertiary/aromatic N) is 2. The molecule has 0 heterocycles. The van der Waals surface area contributed by atoms with Crippen LogP contribution in [-0.2, 0) is 9.53 Å². The molecule has 0 aromatic rings. The molecule has 4 nitrogen and oxygen atoms in total. The largest absolute Gasteiger partial charge is 0.378 e. The number of amides is 1. The van der Waals surface area contributed by atoms with Crippen LogP contribution in [0.5, 0.6) is 0 Å². The summed E-state index contributed by atoms with van der Waals surface area (Å²) in [5.41, 5.74) is -0.222. The van der Waals surface area contributed by atoms with Crippen molar-refractivity contribution in [2.45, 2.75) is 45.1 Å². The number of carbonyl (C=O) groups is 1. The van der Waals surface area contributed by atoms with Crippen molar-refractivity contribution >= 4 is 5.91 Å². The monoisotopic (exact) mass is 238 g/mol. The van der Waals surface area contributed by atoms with Crippen molar-refractivity contribution in [3.63, 3.8) is 0 Å². The fraction of sp³-hybridized carbons (Fsp3) is 0.846. The molecular formula is C13H22N2O2. The van der Waals surface area contributed by atoms with Gasteiger partial charge in [-0.3, -0.25) is 4.79 Å². The summed E-state index contributed by atoms with van der Waals surface area (Å²) >= 11 is 0. The lowest BCUT2D eigenvalue weighted by molar-refractivity contribution is -0.144. The van der Waals surface area contributed by atoms with Gasteiger partial charge in [-0.2, -0.15) is 5.26 Å². The predicted molar refractivity (Wildman–Crippen MR) is 65.2 cm³/mol. The molecule has 1 amide bonds. The molecule has 96 valence electrons. The minimum atomic E-state index is -0.222. The fourth-order valence-corrected chi connectivity index (χ4v) is 2.19. The Bertz CT molecular complexity index is 300. The average molecular weight is 238 g/mol. The molecule has 1 unspecified atom stereocenters. The summed E-state index contributed by atoms with van der Waals surface area (Å²) in [6.07, 6.45) is 3.54. The highest BCUT2D eigenvalue weighted by molar-refractivity contribution is 5.77. The Morgan fingerprint density at radius 2 is 2.24 bits per heavy atom. The molecule has 0 aromatic carbocycles. The van der Waals surface area contributed by atoms with E-state index in [1.165, 1.54) is 0 Å². The van der Waals surface area contributed by atoms with E-state index in [1.54, 1.807) is 12.0 Å². The zero-order valence-electron chi connectivity index (χ0n) is 11.0. The first-order valence-electron chi connectivity index (χ1n) is 6.29. The molecule has 0 saturated heterocycles. The maximum absolute atomic E-state index is 12.1. The van der Waals surface area contributed by atoms with Crippen molar-refractivity contribution in [3.05, 3.63) is 0 Å². The van der Waals surface area contributed by atoms with E-state index in [1.807, 2.05) is 13.8 Å². The quantitative estimate of drug-likeness (QED) is 0.710. The zero-order chi connectivity index (χ0) is 12.9. The molecule has 1 rings (SSSR count). The van der Waals surface area contributed by atoms with Crippen molar-refractivity contribution in [3.8, 4) is 6.07 Å². The number of methoxy groups -OCH3 is 1. The molecule has 4 heteroatoms. The summed E-state index contributed by atoms with van der Waals surface area (Å²) in [5, 5.41) is 8.78. The first-order chi connectivity index (χ1) is 8.06. The minimum absolute atomic E-state index is 0.108. The Morgan fingerprint density at radius 3 is 2.59 bits per heavy atom. The standard InChI is InChI=1S/C13H22N2O2/c1-4-15(10-11(2)9-14)12(16)8-13(17-3)6-5-7-13/h11H,4-8,10H2,1-3H3. The van der Waals surface area contributed by atoms with Crippen LogP contribution < -0.4 is 0 Å². The van der Waals surface area contributed by atoms with Gasteiger partial charge in [0.2, 0.25) is 5.91 Å². The maximum Gasteiger partial charge on any atom is 0.225 e. The highest BCUT2D eigenvalue weighted by Crippen LogP contribution is 2.38. The van der Waals surface area contributed by atoms with Gasteiger partial charge in [0.15, 0.2) is 0 Å². The van der Waals surface area contributed by atoms with E-state index < -0.39 is 0 Å². The van der Waals surface area contributed by atoms with Crippen LogP contribution in [0.4, 0.5) is 0 Å². The van der Waals surface area contributed by atoms with Crippen molar-refractivity contribution in [1.82, 2.24) is 4.90 Å². The van der Waals surface area contributed by atoms with Gasteiger partial charge in [-0.1, -0.05) is 0 Å². The molecule has 0 spiro atoms. The van der Waals surface area contributed by atoms with Gasteiger partial charge in [-0.05, 0) is 33.1 Å². The molecule has 0 N–H and O–H groups in total. The Labute approximate surface area is 104 Å². The summed E-state index contributed by atoms with van der Waals surface area (Å²) < 4.78 is 5.46. The molecule has 1 aliphatic carbocycles. The second-order valence-corrected chi connectivity index (χ2v) is 4.88. The van der Waals surface area contributed by atoms with E-state index in [9.17, 15) is 4.79 Å². The second-order valence-electron chi connectivity index (χ2n) is 4.88. The molecule has 0 aliphatic heterocycles. The summed E-state index contributed by atoms with van der Waals surface area (Å²) in [6.45, 7) is 4.96. The molecular weight excluding hydrogens is 216 g/mol. The van der Waals surface area contributed by atoms with Crippen LogP contribution in [-0.4, -0.2) is 36.6 Å². The fourth-order valence-electron chi connectivity index (χ4n) is 2.19. The lowest BCUT2D eigenvalue weighted by Gasteiger charge is -2.41. The molecule has 0 radical (unpaired) electrons. The van der Waals surface area contributed by atoms with Gasteiger partial charge in [0.05, 0.1) is 24.0 Å². The van der Waals surface area contributed by atoms with E-state index in [0.29, 0.717) is 19.5 Å². The van der Waals surface area contributed by atoms with Gasteiger partial charge >= 0.3 is 0 Å². The predicted octanol–water partition coefficient (Wildman–Crippen LogP) is 1.95. The highest BCUT2D eigenvalue weighted by atomic mass is 16.5. The van der Waals surface area contributed by atoms with Crippen LogP contribution >= 0.6 is 0 Å². The number of carbonyl (C=O) groups excluding carboxylic acids is 1. The van der Waals surface area contributed by atoms with E-state index in [0.717, 1.165) is 19.3 Å². The minimum Gasteiger partial charge on any atom is -0.378 e.